The fraction of sp³-hybridized carbons (Fsp3) is 0.0667. The van der Waals surface area contributed by atoms with E-state index in [1.807, 2.05) is 24.3 Å². The Morgan fingerprint density at radius 3 is 1.70 bits per heavy atom. The van der Waals surface area contributed by atoms with Gasteiger partial charge >= 0.3 is 0 Å². The molecule has 0 bridgehead atoms. The number of anilines is 4. The van der Waals surface area contributed by atoms with Crippen LogP contribution in [-0.4, -0.2) is 0 Å². The summed E-state index contributed by atoms with van der Waals surface area (Å²) in [6.07, 6.45) is 0. The molecule has 0 saturated heterocycles. The Morgan fingerprint density at radius 2 is 1.02 bits per heavy atom. The minimum Gasteiger partial charge on any atom is -0.398 e. The molecule has 1 aliphatic heterocycles. The van der Waals surface area contributed by atoms with Crippen LogP contribution in [0.15, 0.2) is 158 Å². The van der Waals surface area contributed by atoms with Gasteiger partial charge in [-0.05, 0) is 88.5 Å². The molecule has 0 aromatic heterocycles. The number of nitrogens with zero attached hydrogens (tertiary/aromatic N) is 1. The second kappa shape index (κ2) is 10.3. The van der Waals surface area contributed by atoms with Crippen LogP contribution in [0.2, 0.25) is 0 Å². The summed E-state index contributed by atoms with van der Waals surface area (Å²) >= 11 is 0. The van der Waals surface area contributed by atoms with Crippen molar-refractivity contribution in [1.29, 1.82) is 0 Å². The fourth-order valence-electron chi connectivity index (χ4n) is 7.98. The van der Waals surface area contributed by atoms with E-state index in [0.717, 1.165) is 39.3 Å². The lowest BCUT2D eigenvalue weighted by molar-refractivity contribution is 0.753. The van der Waals surface area contributed by atoms with E-state index in [-0.39, 0.29) is 11.1 Å². The first-order valence-corrected chi connectivity index (χ1v) is 15.8. The van der Waals surface area contributed by atoms with Crippen molar-refractivity contribution < 1.29 is 8.22 Å². The third kappa shape index (κ3) is 3.91. The molecule has 0 amide bonds. The number of rotatable bonds is 3. The zero-order valence-electron chi connectivity index (χ0n) is 31.5. The quantitative estimate of drug-likeness (QED) is 0.202. The Hall–Kier alpha value is -5.86. The summed E-state index contributed by atoms with van der Waals surface area (Å²) in [5, 5.41) is 0. The Balaban J connectivity index is 1.29. The molecular weight excluding hydrogens is 569 g/mol. The molecule has 0 unspecified atom stereocenters. The van der Waals surface area contributed by atoms with Crippen LogP contribution < -0.4 is 10.6 Å². The molecule has 2 heteroatoms. The van der Waals surface area contributed by atoms with Crippen molar-refractivity contribution in [2.45, 2.75) is 19.1 Å². The maximum absolute atomic E-state index is 8.06. The first-order chi connectivity index (χ1) is 25.5. The van der Waals surface area contributed by atoms with Gasteiger partial charge in [-0.3, -0.25) is 0 Å². The predicted molar refractivity (Wildman–Crippen MR) is 197 cm³/mol. The van der Waals surface area contributed by atoms with Gasteiger partial charge in [0.1, 0.15) is 0 Å². The number of aryl methyl sites for hydroxylation is 2. The molecule has 2 nitrogen and oxygen atoms in total. The smallest absolute Gasteiger partial charge is 0.0754 e. The lowest BCUT2D eigenvalue weighted by Crippen LogP contribution is -2.36. The van der Waals surface area contributed by atoms with Gasteiger partial charge in [0.15, 0.2) is 0 Å². The van der Waals surface area contributed by atoms with Crippen LogP contribution in [0, 0.1) is 13.7 Å². The predicted octanol–water partition coefficient (Wildman–Crippen LogP) is 11.4. The molecule has 7 aromatic rings. The van der Waals surface area contributed by atoms with Crippen LogP contribution in [0.25, 0.3) is 33.4 Å². The highest BCUT2D eigenvalue weighted by Gasteiger charge is 2.51. The van der Waals surface area contributed by atoms with E-state index in [1.54, 1.807) is 0 Å². The average Bonchev–Trinajstić information content (AvgIpc) is 3.45. The highest BCUT2D eigenvalue weighted by molar-refractivity contribution is 5.97. The lowest BCUT2D eigenvalue weighted by atomic mass is 9.64. The Morgan fingerprint density at radius 1 is 0.468 bits per heavy atom. The third-order valence-electron chi connectivity index (χ3n) is 9.82. The van der Waals surface area contributed by atoms with E-state index in [0.29, 0.717) is 16.8 Å². The highest BCUT2D eigenvalue weighted by Crippen LogP contribution is 2.63. The molecule has 224 valence electrons. The summed E-state index contributed by atoms with van der Waals surface area (Å²) < 4.78 is 48.4. The van der Waals surface area contributed by atoms with Crippen molar-refractivity contribution in [2.75, 3.05) is 10.6 Å². The second-order valence-corrected chi connectivity index (χ2v) is 12.3. The summed E-state index contributed by atoms with van der Waals surface area (Å²) in [6.45, 7) is -4.98. The van der Waals surface area contributed by atoms with Gasteiger partial charge in [0.05, 0.1) is 16.8 Å². The van der Waals surface area contributed by atoms with Gasteiger partial charge in [-0.15, -0.1) is 0 Å². The molecule has 0 saturated carbocycles. The fourth-order valence-corrected chi connectivity index (χ4v) is 7.98. The Labute approximate surface area is 284 Å². The van der Waals surface area contributed by atoms with Crippen LogP contribution in [0.3, 0.4) is 0 Å². The number of nitrogens with two attached hydrogens (primary N) is 1. The zero-order chi connectivity index (χ0) is 36.7. The Bertz CT molecular complexity index is 2490. The molecule has 0 fully saturated rings. The molecule has 2 aliphatic rings. The van der Waals surface area contributed by atoms with Crippen molar-refractivity contribution in [2.24, 2.45) is 0 Å². The molecule has 0 radical (unpaired) electrons. The minimum absolute atomic E-state index is 0.0395. The number of hydrogen-bond acceptors (Lipinski definition) is 2. The van der Waals surface area contributed by atoms with Gasteiger partial charge in [0.25, 0.3) is 0 Å². The van der Waals surface area contributed by atoms with Crippen LogP contribution in [0.4, 0.5) is 22.7 Å². The average molecular weight is 609 g/mol. The first kappa shape index (κ1) is 21.8. The van der Waals surface area contributed by atoms with Gasteiger partial charge in [-0.1, -0.05) is 139 Å². The number of benzene rings is 7. The maximum atomic E-state index is 8.06. The molecule has 7 aromatic carbocycles. The molecule has 47 heavy (non-hydrogen) atoms. The van der Waals surface area contributed by atoms with Crippen LogP contribution >= 0.6 is 0 Å². The lowest BCUT2D eigenvalue weighted by Gasteiger charge is -2.45. The van der Waals surface area contributed by atoms with Gasteiger partial charge < -0.3 is 10.6 Å². The SMILES string of the molecule is [2H]C([2H])([2H])c1cc(-c2cccc(-c3ccc4c(c3)C3(c5ccccc5-4)c4ccccc4N(c4ccccc4)c4ccccc43)c2N)cc(C([2H])([2H])[2H])c1. The topological polar surface area (TPSA) is 29.3 Å². The van der Waals surface area contributed by atoms with Crippen molar-refractivity contribution in [3.63, 3.8) is 0 Å². The molecule has 2 N–H and O–H groups in total. The van der Waals surface area contributed by atoms with E-state index in [1.165, 1.54) is 40.5 Å². The molecule has 9 rings (SSSR count). The van der Waals surface area contributed by atoms with E-state index in [2.05, 4.69) is 120 Å². The summed E-state index contributed by atoms with van der Waals surface area (Å²) in [4.78, 5) is 2.35. The second-order valence-electron chi connectivity index (χ2n) is 12.3. The largest absolute Gasteiger partial charge is 0.398 e. The van der Waals surface area contributed by atoms with Gasteiger partial charge in [-0.2, -0.15) is 0 Å². The minimum atomic E-state index is -2.49. The van der Waals surface area contributed by atoms with Crippen LogP contribution in [-0.2, 0) is 5.41 Å². The van der Waals surface area contributed by atoms with E-state index >= 15 is 0 Å². The summed E-state index contributed by atoms with van der Waals surface area (Å²) in [5.41, 5.74) is 19.7. The summed E-state index contributed by atoms with van der Waals surface area (Å²) in [6, 6.07) is 52.9. The standard InChI is InChI=1S/C45H34N2/c1-29-25-30(2)27-32(26-29)35-17-12-16-34(44(35)46)31-23-24-37-36-15-6-7-18-38(36)45(41(37)28-31)39-19-8-10-21-42(39)47(33-13-4-3-5-14-33)43-22-11-9-20-40(43)45/h3-28H,46H2,1-2H3/i1D3,2D3. The van der Waals surface area contributed by atoms with E-state index < -0.39 is 19.1 Å². The van der Waals surface area contributed by atoms with E-state index in [9.17, 15) is 0 Å². The summed E-state index contributed by atoms with van der Waals surface area (Å²) in [5.74, 6) is 0. The summed E-state index contributed by atoms with van der Waals surface area (Å²) in [7, 11) is 0. The zero-order valence-corrected chi connectivity index (χ0v) is 25.5. The van der Waals surface area contributed by atoms with Crippen molar-refractivity contribution in [3.05, 3.63) is 191 Å². The molecule has 0 atom stereocenters. The molecule has 1 spiro atoms. The molecule has 1 aliphatic carbocycles. The van der Waals surface area contributed by atoms with Crippen molar-refractivity contribution in [3.8, 4) is 33.4 Å². The number of nitrogen functional groups attached to an aromatic ring is 1. The van der Waals surface area contributed by atoms with Gasteiger partial charge in [-0.25, -0.2) is 0 Å². The Kier molecular flexibility index (Phi) is 4.79. The van der Waals surface area contributed by atoms with Crippen LogP contribution in [0.5, 0.6) is 0 Å². The molecule has 1 heterocycles. The first-order valence-electron chi connectivity index (χ1n) is 18.8. The monoisotopic (exact) mass is 608 g/mol. The highest BCUT2D eigenvalue weighted by atomic mass is 15.2. The van der Waals surface area contributed by atoms with Gasteiger partial charge in [0, 0.05) is 30.7 Å². The maximum Gasteiger partial charge on any atom is 0.0754 e. The number of fused-ring (bicyclic) bond motifs is 9. The van der Waals surface area contributed by atoms with Crippen molar-refractivity contribution in [1.82, 2.24) is 0 Å². The molecular formula is C45H34N2. The normalized spacial score (nSPS) is 16.0. The van der Waals surface area contributed by atoms with Crippen molar-refractivity contribution >= 4 is 22.7 Å². The van der Waals surface area contributed by atoms with Crippen LogP contribution in [0.1, 0.15) is 41.6 Å². The van der Waals surface area contributed by atoms with Gasteiger partial charge in [0.2, 0.25) is 0 Å². The number of hydrogen-bond donors (Lipinski definition) is 1. The third-order valence-corrected chi connectivity index (χ3v) is 9.82. The van der Waals surface area contributed by atoms with E-state index in [4.69, 9.17) is 14.0 Å². The number of para-hydroxylation sites is 4.